The van der Waals surface area contributed by atoms with E-state index in [-0.39, 0.29) is 11.9 Å². The molecule has 0 aliphatic carbocycles. The van der Waals surface area contributed by atoms with E-state index < -0.39 is 0 Å². The minimum Gasteiger partial charge on any atom is -0.371 e. The Balaban J connectivity index is 1.65. The molecule has 2 aromatic rings. The third-order valence-electron chi connectivity index (χ3n) is 3.94. The van der Waals surface area contributed by atoms with Crippen molar-refractivity contribution < 1.29 is 4.79 Å². The molecule has 3 N–H and O–H groups in total. The van der Waals surface area contributed by atoms with E-state index in [2.05, 4.69) is 20.9 Å². The number of benzene rings is 1. The molecule has 0 bridgehead atoms. The lowest BCUT2D eigenvalue weighted by Gasteiger charge is -2.23. The van der Waals surface area contributed by atoms with Crippen molar-refractivity contribution in [2.45, 2.75) is 25.4 Å². The van der Waals surface area contributed by atoms with Gasteiger partial charge in [0.2, 0.25) is 0 Å². The van der Waals surface area contributed by atoms with Gasteiger partial charge in [-0.1, -0.05) is 29.3 Å². The molecule has 0 saturated carbocycles. The Kier molecular flexibility index (Phi) is 5.94. The molecule has 0 unspecified atom stereocenters. The number of carbonyl (C=O) groups is 1. The number of carbonyl (C=O) groups excluding carboxylic acids is 1. The second-order valence-electron chi connectivity index (χ2n) is 5.58. The van der Waals surface area contributed by atoms with Gasteiger partial charge in [-0.2, -0.15) is 0 Å². The van der Waals surface area contributed by atoms with Crippen molar-refractivity contribution in [3.05, 3.63) is 45.0 Å². The van der Waals surface area contributed by atoms with E-state index in [9.17, 15) is 4.79 Å². The molecule has 1 aliphatic rings. The average molecular weight is 385 g/mol. The number of anilines is 1. The first-order chi connectivity index (χ1) is 11.6. The van der Waals surface area contributed by atoms with Crippen LogP contribution in [0.15, 0.2) is 23.7 Å². The van der Waals surface area contributed by atoms with E-state index in [0.29, 0.717) is 22.3 Å². The first kappa shape index (κ1) is 17.5. The lowest BCUT2D eigenvalue weighted by atomic mass is 10.1. The van der Waals surface area contributed by atoms with Crippen molar-refractivity contribution in [2.75, 3.05) is 18.4 Å². The molecular weight excluding hydrogens is 367 g/mol. The lowest BCUT2D eigenvalue weighted by Crippen LogP contribution is -2.42. The van der Waals surface area contributed by atoms with Crippen LogP contribution in [0.5, 0.6) is 0 Å². The molecule has 5 nitrogen and oxygen atoms in total. The number of amides is 1. The number of thiazole rings is 1. The average Bonchev–Trinajstić information content (AvgIpc) is 3.04. The topological polar surface area (TPSA) is 66.0 Å². The molecule has 8 heteroatoms. The Morgan fingerprint density at radius 1 is 1.29 bits per heavy atom. The van der Waals surface area contributed by atoms with Gasteiger partial charge in [0.25, 0.3) is 5.91 Å². The van der Waals surface area contributed by atoms with Crippen molar-refractivity contribution in [3.63, 3.8) is 0 Å². The largest absolute Gasteiger partial charge is 0.371 e. The van der Waals surface area contributed by atoms with E-state index >= 15 is 0 Å². The van der Waals surface area contributed by atoms with Crippen LogP contribution in [-0.2, 0) is 6.54 Å². The highest BCUT2D eigenvalue weighted by atomic mass is 35.5. The number of halogens is 2. The predicted molar refractivity (Wildman–Crippen MR) is 99.3 cm³/mol. The van der Waals surface area contributed by atoms with Crippen molar-refractivity contribution in [1.29, 1.82) is 0 Å². The summed E-state index contributed by atoms with van der Waals surface area (Å²) in [7, 11) is 0. The maximum absolute atomic E-state index is 12.5. The maximum Gasteiger partial charge on any atom is 0.273 e. The summed E-state index contributed by atoms with van der Waals surface area (Å²) < 4.78 is 0. The van der Waals surface area contributed by atoms with Gasteiger partial charge in [-0.25, -0.2) is 4.98 Å². The van der Waals surface area contributed by atoms with E-state index in [1.807, 2.05) is 0 Å². The first-order valence-electron chi connectivity index (χ1n) is 7.77. The van der Waals surface area contributed by atoms with Gasteiger partial charge in [0.15, 0.2) is 5.69 Å². The minimum absolute atomic E-state index is 0.143. The summed E-state index contributed by atoms with van der Waals surface area (Å²) in [6.45, 7) is 2.30. The number of hydrogen-bond donors (Lipinski definition) is 3. The molecule has 1 amide bonds. The SMILES string of the molecule is O=C(NC1CCNCC1)c1ncsc1NCc1c(Cl)cccc1Cl. The zero-order valence-corrected chi connectivity index (χ0v) is 15.3. The molecule has 0 spiro atoms. The second-order valence-corrected chi connectivity index (χ2v) is 7.25. The molecule has 1 saturated heterocycles. The first-order valence-corrected chi connectivity index (χ1v) is 9.40. The summed E-state index contributed by atoms with van der Waals surface area (Å²) in [4.78, 5) is 16.7. The number of rotatable bonds is 5. The van der Waals surface area contributed by atoms with Gasteiger partial charge in [0, 0.05) is 28.2 Å². The highest BCUT2D eigenvalue weighted by Gasteiger charge is 2.20. The molecule has 128 valence electrons. The molecule has 24 heavy (non-hydrogen) atoms. The molecule has 1 aromatic heterocycles. The Morgan fingerprint density at radius 3 is 2.71 bits per heavy atom. The second kappa shape index (κ2) is 8.16. The predicted octanol–water partition coefficient (Wildman–Crippen LogP) is 3.54. The summed E-state index contributed by atoms with van der Waals surface area (Å²) in [5.74, 6) is -0.143. The van der Waals surface area contributed by atoms with E-state index in [4.69, 9.17) is 23.2 Å². The molecule has 2 heterocycles. The van der Waals surface area contributed by atoms with Crippen LogP contribution in [0.2, 0.25) is 10.0 Å². The molecule has 0 radical (unpaired) electrons. The highest BCUT2D eigenvalue weighted by molar-refractivity contribution is 7.14. The van der Waals surface area contributed by atoms with E-state index in [1.165, 1.54) is 11.3 Å². The van der Waals surface area contributed by atoms with Crippen LogP contribution in [-0.4, -0.2) is 30.0 Å². The van der Waals surface area contributed by atoms with E-state index in [1.54, 1.807) is 23.7 Å². The minimum atomic E-state index is -0.143. The van der Waals surface area contributed by atoms with Crippen LogP contribution in [0.3, 0.4) is 0 Å². The molecule has 1 fully saturated rings. The number of hydrogen-bond acceptors (Lipinski definition) is 5. The standard InChI is InChI=1S/C16H18Cl2N4OS/c17-12-2-1-3-13(18)11(12)8-20-16-14(21-9-24-16)15(23)22-10-4-6-19-7-5-10/h1-3,9-10,19-20H,4-8H2,(H,22,23). The summed E-state index contributed by atoms with van der Waals surface area (Å²) in [6, 6.07) is 5.59. The number of nitrogens with one attached hydrogen (secondary N) is 3. The fourth-order valence-corrected chi connectivity index (χ4v) is 3.83. The fourth-order valence-electron chi connectivity index (χ4n) is 2.62. The number of aromatic nitrogens is 1. The van der Waals surface area contributed by atoms with Crippen molar-refractivity contribution in [1.82, 2.24) is 15.6 Å². The van der Waals surface area contributed by atoms with Gasteiger partial charge >= 0.3 is 0 Å². The van der Waals surface area contributed by atoms with Crippen LogP contribution in [0.25, 0.3) is 0 Å². The van der Waals surface area contributed by atoms with Gasteiger partial charge in [-0.05, 0) is 38.1 Å². The number of piperidine rings is 1. The third kappa shape index (κ3) is 4.19. The summed E-state index contributed by atoms with van der Waals surface area (Å²) in [5.41, 5.74) is 2.88. The van der Waals surface area contributed by atoms with E-state index in [0.717, 1.165) is 36.5 Å². The Labute approximate surface area is 154 Å². The van der Waals surface area contributed by atoms with Gasteiger partial charge in [0.1, 0.15) is 5.00 Å². The normalized spacial score (nSPS) is 15.2. The smallest absolute Gasteiger partial charge is 0.273 e. The van der Waals surface area contributed by atoms with Crippen LogP contribution in [0.1, 0.15) is 28.9 Å². The summed E-state index contributed by atoms with van der Waals surface area (Å²) >= 11 is 13.7. The van der Waals surface area contributed by atoms with Crippen LogP contribution in [0.4, 0.5) is 5.00 Å². The van der Waals surface area contributed by atoms with Crippen LogP contribution >= 0.6 is 34.5 Å². The number of nitrogens with zero attached hydrogens (tertiary/aromatic N) is 1. The highest BCUT2D eigenvalue weighted by Crippen LogP contribution is 2.27. The zero-order chi connectivity index (χ0) is 16.9. The van der Waals surface area contributed by atoms with Crippen molar-refractivity contribution >= 4 is 45.4 Å². The van der Waals surface area contributed by atoms with Crippen molar-refractivity contribution in [3.8, 4) is 0 Å². The molecule has 1 aromatic carbocycles. The zero-order valence-electron chi connectivity index (χ0n) is 12.9. The van der Waals surface area contributed by atoms with Gasteiger partial charge in [-0.3, -0.25) is 4.79 Å². The molecular formula is C16H18Cl2N4OS. The Morgan fingerprint density at radius 2 is 2.00 bits per heavy atom. The monoisotopic (exact) mass is 384 g/mol. The molecule has 3 rings (SSSR count). The maximum atomic E-state index is 12.5. The molecule has 1 aliphatic heterocycles. The lowest BCUT2D eigenvalue weighted by molar-refractivity contribution is 0.0926. The van der Waals surface area contributed by atoms with Crippen LogP contribution < -0.4 is 16.0 Å². The quantitative estimate of drug-likeness (QED) is 0.737. The van der Waals surface area contributed by atoms with Gasteiger partial charge in [0.05, 0.1) is 5.51 Å². The Bertz CT molecular complexity index is 696. The van der Waals surface area contributed by atoms with Crippen LogP contribution in [0, 0.1) is 0 Å². The summed E-state index contributed by atoms with van der Waals surface area (Å²) in [5, 5.41) is 11.5. The fraction of sp³-hybridized carbons (Fsp3) is 0.375. The van der Waals surface area contributed by atoms with Gasteiger partial charge < -0.3 is 16.0 Å². The van der Waals surface area contributed by atoms with Gasteiger partial charge in [-0.15, -0.1) is 11.3 Å². The molecule has 0 atom stereocenters. The van der Waals surface area contributed by atoms with Crippen molar-refractivity contribution in [2.24, 2.45) is 0 Å². The Hall–Kier alpha value is -1.34. The summed E-state index contributed by atoms with van der Waals surface area (Å²) in [6.07, 6.45) is 1.88. The third-order valence-corrected chi connectivity index (χ3v) is 5.44.